The number of hydrogen-bond acceptors (Lipinski definition) is 3. The molecule has 0 aliphatic carbocycles. The van der Waals surface area contributed by atoms with E-state index in [4.69, 9.17) is 11.6 Å². The summed E-state index contributed by atoms with van der Waals surface area (Å²) in [7, 11) is 0. The number of rotatable bonds is 4. The Labute approximate surface area is 78.8 Å². The number of hydroxylamine groups is 1. The van der Waals surface area contributed by atoms with Crippen LogP contribution in [0.15, 0.2) is 0 Å². The molecule has 0 saturated carbocycles. The van der Waals surface area contributed by atoms with Crippen molar-refractivity contribution >= 4 is 11.6 Å². The Kier molecular flexibility index (Phi) is 4.92. The zero-order valence-electron chi connectivity index (χ0n) is 7.34. The first-order chi connectivity index (χ1) is 5.84. The highest BCUT2D eigenvalue weighted by Crippen LogP contribution is 2.10. The average molecular weight is 192 g/mol. The predicted octanol–water partition coefficient (Wildman–Crippen LogP) is 1.82. The van der Waals surface area contributed by atoms with Gasteiger partial charge in [-0.15, -0.1) is 11.6 Å². The second-order valence-corrected chi connectivity index (χ2v) is 3.51. The Hall–Kier alpha value is 0.170. The van der Waals surface area contributed by atoms with E-state index in [1.54, 1.807) is 0 Å². The fourth-order valence-corrected chi connectivity index (χ4v) is 1.56. The lowest BCUT2D eigenvalue weighted by molar-refractivity contribution is 0.00461. The molecule has 1 saturated heterocycles. The van der Waals surface area contributed by atoms with Crippen molar-refractivity contribution in [2.45, 2.75) is 25.7 Å². The lowest BCUT2D eigenvalue weighted by Crippen LogP contribution is -2.42. The van der Waals surface area contributed by atoms with Gasteiger partial charge < -0.3 is 10.4 Å². The van der Waals surface area contributed by atoms with Gasteiger partial charge in [0.15, 0.2) is 0 Å². The topological polar surface area (TPSA) is 29.5 Å². The lowest BCUT2D eigenvalue weighted by Gasteiger charge is -2.42. The Morgan fingerprint density at radius 3 is 2.50 bits per heavy atom. The second-order valence-electron chi connectivity index (χ2n) is 3.13. The van der Waals surface area contributed by atoms with Gasteiger partial charge in [0, 0.05) is 25.5 Å². The van der Waals surface area contributed by atoms with Crippen LogP contribution >= 0.6 is 11.6 Å². The number of alkyl halides is 1. The number of hydrogen-bond donors (Lipinski definition) is 0. The van der Waals surface area contributed by atoms with Gasteiger partial charge in [0.05, 0.1) is 0 Å². The third kappa shape index (κ3) is 3.27. The van der Waals surface area contributed by atoms with Crippen molar-refractivity contribution in [3.63, 3.8) is 0 Å². The van der Waals surface area contributed by atoms with Crippen LogP contribution < -0.4 is 0 Å². The normalized spacial score (nSPS) is 20.2. The molecule has 0 unspecified atom stereocenters. The van der Waals surface area contributed by atoms with Gasteiger partial charge in [0.1, 0.15) is 0 Å². The van der Waals surface area contributed by atoms with E-state index in [-0.39, 0.29) is 0 Å². The monoisotopic (exact) mass is 191 g/mol. The minimum atomic E-state index is 0.545. The Morgan fingerprint density at radius 1 is 1.25 bits per heavy atom. The van der Waals surface area contributed by atoms with Crippen LogP contribution in [0.5, 0.6) is 0 Å². The highest BCUT2D eigenvalue weighted by molar-refractivity contribution is 6.17. The Bertz CT molecular complexity index is 118. The van der Waals surface area contributed by atoms with Gasteiger partial charge in [0.2, 0.25) is 0 Å². The van der Waals surface area contributed by atoms with Crippen molar-refractivity contribution < 1.29 is 0 Å². The average Bonchev–Trinajstić information content (AvgIpc) is 2.15. The smallest absolute Gasteiger partial charge is 0.0235 e. The summed E-state index contributed by atoms with van der Waals surface area (Å²) >= 11 is 5.50. The SMILES string of the molecule is [O-]N(CCCCl)N1CCCCC1. The van der Waals surface area contributed by atoms with Gasteiger partial charge >= 0.3 is 0 Å². The maximum absolute atomic E-state index is 11.3. The molecule has 1 heterocycles. The van der Waals surface area contributed by atoms with Crippen molar-refractivity contribution in [1.29, 1.82) is 0 Å². The molecule has 3 nitrogen and oxygen atoms in total. The van der Waals surface area contributed by atoms with Gasteiger partial charge in [-0.25, -0.2) is 0 Å². The molecule has 1 rings (SSSR count). The Morgan fingerprint density at radius 2 is 1.92 bits per heavy atom. The molecule has 1 aliphatic heterocycles. The summed E-state index contributed by atoms with van der Waals surface area (Å²) in [6.07, 6.45) is 4.35. The van der Waals surface area contributed by atoms with Crippen LogP contribution in [-0.4, -0.2) is 35.7 Å². The molecule has 72 valence electrons. The first kappa shape index (κ1) is 10.3. The van der Waals surface area contributed by atoms with Gasteiger partial charge in [-0.3, -0.25) is 5.01 Å². The molecule has 1 aliphatic rings. The molecule has 0 radical (unpaired) electrons. The van der Waals surface area contributed by atoms with Crippen LogP contribution in [0.25, 0.3) is 0 Å². The molecule has 0 atom stereocenters. The van der Waals surface area contributed by atoms with Crippen molar-refractivity contribution in [1.82, 2.24) is 10.2 Å². The van der Waals surface area contributed by atoms with Crippen molar-refractivity contribution in [2.75, 3.05) is 25.5 Å². The quantitative estimate of drug-likeness (QED) is 0.502. The summed E-state index contributed by atoms with van der Waals surface area (Å²) in [6, 6.07) is 0. The number of hydrazine groups is 1. The molecule has 0 spiro atoms. The summed E-state index contributed by atoms with van der Waals surface area (Å²) in [4.78, 5) is 0. The Balaban J connectivity index is 2.15. The van der Waals surface area contributed by atoms with Gasteiger partial charge in [-0.1, -0.05) is 6.42 Å². The molecule has 0 bridgehead atoms. The highest BCUT2D eigenvalue weighted by atomic mass is 35.5. The first-order valence-corrected chi connectivity index (χ1v) is 5.13. The maximum atomic E-state index is 11.3. The zero-order chi connectivity index (χ0) is 8.81. The standard InChI is InChI=1S/C8H16ClN2O/c9-5-4-8-11(12)10-6-2-1-3-7-10/h1-8H2/q-1. The minimum absolute atomic E-state index is 0.545. The third-order valence-electron chi connectivity index (χ3n) is 2.13. The highest BCUT2D eigenvalue weighted by Gasteiger charge is 2.10. The van der Waals surface area contributed by atoms with E-state index in [1.807, 2.05) is 5.01 Å². The van der Waals surface area contributed by atoms with Crippen LogP contribution in [0.3, 0.4) is 0 Å². The van der Waals surface area contributed by atoms with Crippen LogP contribution in [0.1, 0.15) is 25.7 Å². The lowest BCUT2D eigenvalue weighted by atomic mass is 10.2. The van der Waals surface area contributed by atoms with Crippen LogP contribution in [0.4, 0.5) is 0 Å². The molecule has 0 aromatic heterocycles. The van der Waals surface area contributed by atoms with E-state index < -0.39 is 0 Å². The van der Waals surface area contributed by atoms with Crippen molar-refractivity contribution in [2.24, 2.45) is 0 Å². The fraction of sp³-hybridized carbons (Fsp3) is 1.00. The fourth-order valence-electron chi connectivity index (χ4n) is 1.44. The molecule has 0 N–H and O–H groups in total. The van der Waals surface area contributed by atoms with E-state index in [9.17, 15) is 5.21 Å². The number of nitrogens with zero attached hydrogens (tertiary/aromatic N) is 2. The molecule has 0 aromatic carbocycles. The minimum Gasteiger partial charge on any atom is -0.772 e. The van der Waals surface area contributed by atoms with E-state index in [0.29, 0.717) is 12.4 Å². The van der Waals surface area contributed by atoms with Crippen molar-refractivity contribution in [3.05, 3.63) is 5.21 Å². The van der Waals surface area contributed by atoms with Crippen LogP contribution in [0, 0.1) is 5.21 Å². The summed E-state index contributed by atoms with van der Waals surface area (Å²) in [5.41, 5.74) is 0. The molecule has 4 heteroatoms. The number of piperidine rings is 1. The van der Waals surface area contributed by atoms with Gasteiger partial charge in [-0.05, 0) is 19.3 Å². The van der Waals surface area contributed by atoms with E-state index in [1.165, 1.54) is 6.42 Å². The van der Waals surface area contributed by atoms with Gasteiger partial charge in [-0.2, -0.15) is 0 Å². The van der Waals surface area contributed by atoms with Crippen molar-refractivity contribution in [3.8, 4) is 0 Å². The number of halogens is 1. The molecule has 0 amide bonds. The zero-order valence-corrected chi connectivity index (χ0v) is 8.09. The summed E-state index contributed by atoms with van der Waals surface area (Å²) in [5.74, 6) is 0.576. The predicted molar refractivity (Wildman–Crippen MR) is 50.8 cm³/mol. The summed E-state index contributed by atoms with van der Waals surface area (Å²) in [6.45, 7) is 2.39. The molecule has 1 fully saturated rings. The first-order valence-electron chi connectivity index (χ1n) is 4.60. The third-order valence-corrected chi connectivity index (χ3v) is 2.40. The van der Waals surface area contributed by atoms with E-state index in [0.717, 1.165) is 37.5 Å². The largest absolute Gasteiger partial charge is 0.772 e. The molecule has 0 aromatic rings. The second kappa shape index (κ2) is 5.75. The van der Waals surface area contributed by atoms with E-state index in [2.05, 4.69) is 0 Å². The van der Waals surface area contributed by atoms with Crippen LogP contribution in [0.2, 0.25) is 0 Å². The molecule has 12 heavy (non-hydrogen) atoms. The van der Waals surface area contributed by atoms with Gasteiger partial charge in [0.25, 0.3) is 0 Å². The van der Waals surface area contributed by atoms with Crippen LogP contribution in [-0.2, 0) is 0 Å². The summed E-state index contributed by atoms with van der Waals surface area (Å²) < 4.78 is 0. The molecular weight excluding hydrogens is 176 g/mol. The summed E-state index contributed by atoms with van der Waals surface area (Å²) in [5, 5.41) is 14.3. The maximum Gasteiger partial charge on any atom is 0.0235 e. The van der Waals surface area contributed by atoms with E-state index >= 15 is 0 Å². The molecular formula is C8H16ClN2O-.